The lowest BCUT2D eigenvalue weighted by molar-refractivity contribution is 0.149. The molecule has 0 aromatic rings. The van der Waals surface area contributed by atoms with Gasteiger partial charge in [-0.25, -0.2) is 0 Å². The van der Waals surface area contributed by atoms with E-state index in [9.17, 15) is 0 Å². The molecule has 3 nitrogen and oxygen atoms in total. The van der Waals surface area contributed by atoms with Crippen molar-refractivity contribution in [3.63, 3.8) is 0 Å². The van der Waals surface area contributed by atoms with Crippen LogP contribution in [0.15, 0.2) is 0 Å². The normalized spacial score (nSPS) is 27.9. The zero-order valence-electron chi connectivity index (χ0n) is 14.6. The van der Waals surface area contributed by atoms with Crippen LogP contribution in [0.5, 0.6) is 0 Å². The Kier molecular flexibility index (Phi) is 7.48. The molecule has 1 heterocycles. The zero-order chi connectivity index (χ0) is 15.1. The van der Waals surface area contributed by atoms with E-state index in [1.807, 2.05) is 0 Å². The Labute approximate surface area is 132 Å². The quantitative estimate of drug-likeness (QED) is 0.779. The predicted molar refractivity (Wildman–Crippen MR) is 91.8 cm³/mol. The van der Waals surface area contributed by atoms with Gasteiger partial charge in [0.15, 0.2) is 0 Å². The van der Waals surface area contributed by atoms with Crippen molar-refractivity contribution in [2.24, 2.45) is 5.92 Å². The van der Waals surface area contributed by atoms with Gasteiger partial charge in [0.25, 0.3) is 0 Å². The highest BCUT2D eigenvalue weighted by atomic mass is 15.2. The van der Waals surface area contributed by atoms with Gasteiger partial charge in [-0.2, -0.15) is 0 Å². The van der Waals surface area contributed by atoms with E-state index in [-0.39, 0.29) is 0 Å². The van der Waals surface area contributed by atoms with Gasteiger partial charge < -0.3 is 10.2 Å². The monoisotopic (exact) mass is 295 g/mol. The minimum Gasteiger partial charge on any atom is -0.312 e. The number of hydrogen-bond donors (Lipinski definition) is 1. The first kappa shape index (κ1) is 17.2. The lowest BCUT2D eigenvalue weighted by Crippen LogP contribution is -2.50. The van der Waals surface area contributed by atoms with Crippen LogP contribution >= 0.6 is 0 Å². The first-order valence-electron chi connectivity index (χ1n) is 9.40. The fourth-order valence-corrected chi connectivity index (χ4v) is 4.24. The third kappa shape index (κ3) is 5.22. The van der Waals surface area contributed by atoms with Gasteiger partial charge >= 0.3 is 0 Å². The highest BCUT2D eigenvalue weighted by molar-refractivity contribution is 4.87. The van der Waals surface area contributed by atoms with Crippen molar-refractivity contribution >= 4 is 0 Å². The molecular formula is C18H37N3. The second kappa shape index (κ2) is 9.12. The lowest BCUT2D eigenvalue weighted by Gasteiger charge is -2.35. The van der Waals surface area contributed by atoms with Crippen LogP contribution in [0.25, 0.3) is 0 Å². The molecule has 1 aliphatic heterocycles. The summed E-state index contributed by atoms with van der Waals surface area (Å²) in [6, 6.07) is 1.48. The molecule has 2 aliphatic rings. The van der Waals surface area contributed by atoms with Crippen LogP contribution in [-0.2, 0) is 0 Å². The van der Waals surface area contributed by atoms with Crippen LogP contribution in [0.3, 0.4) is 0 Å². The highest BCUT2D eigenvalue weighted by Gasteiger charge is 2.29. The molecule has 1 aliphatic carbocycles. The number of nitrogens with zero attached hydrogens (tertiary/aromatic N) is 2. The Morgan fingerprint density at radius 2 is 1.86 bits per heavy atom. The standard InChI is InChI=1S/C18H37N3/c1-4-11-19-18(16-9-6-7-10-16)15-21-13-8-12-20(3)14-17(21)5-2/h16-19H,4-15H2,1-3H3. The molecule has 2 unspecified atom stereocenters. The number of likely N-dealkylation sites (N-methyl/N-ethyl adjacent to an activating group) is 1. The van der Waals surface area contributed by atoms with Gasteiger partial charge in [0.1, 0.15) is 0 Å². The fraction of sp³-hybridized carbons (Fsp3) is 1.00. The number of nitrogens with one attached hydrogen (secondary N) is 1. The molecule has 0 aromatic heterocycles. The maximum absolute atomic E-state index is 3.88. The van der Waals surface area contributed by atoms with Crippen molar-refractivity contribution in [2.45, 2.75) is 70.9 Å². The average molecular weight is 296 g/mol. The van der Waals surface area contributed by atoms with Gasteiger partial charge in [-0.05, 0) is 64.7 Å². The van der Waals surface area contributed by atoms with Crippen LogP contribution in [0.2, 0.25) is 0 Å². The lowest BCUT2D eigenvalue weighted by atomic mass is 9.96. The Balaban J connectivity index is 1.95. The minimum absolute atomic E-state index is 0.727. The molecule has 2 rings (SSSR count). The van der Waals surface area contributed by atoms with Gasteiger partial charge in [0.2, 0.25) is 0 Å². The Morgan fingerprint density at radius 1 is 1.10 bits per heavy atom. The van der Waals surface area contributed by atoms with E-state index >= 15 is 0 Å². The molecule has 0 aromatic carbocycles. The molecule has 124 valence electrons. The Hall–Kier alpha value is -0.120. The summed E-state index contributed by atoms with van der Waals surface area (Å²) in [4.78, 5) is 5.33. The largest absolute Gasteiger partial charge is 0.312 e. The smallest absolute Gasteiger partial charge is 0.0223 e. The van der Waals surface area contributed by atoms with E-state index in [1.54, 1.807) is 0 Å². The van der Waals surface area contributed by atoms with E-state index in [1.165, 1.54) is 77.7 Å². The molecule has 1 saturated carbocycles. The van der Waals surface area contributed by atoms with E-state index in [2.05, 4.69) is 36.0 Å². The fourth-order valence-electron chi connectivity index (χ4n) is 4.24. The third-order valence-corrected chi connectivity index (χ3v) is 5.55. The molecule has 0 amide bonds. The second-order valence-corrected chi connectivity index (χ2v) is 7.28. The van der Waals surface area contributed by atoms with Crippen molar-refractivity contribution in [1.82, 2.24) is 15.1 Å². The Bertz CT molecular complexity index is 274. The summed E-state index contributed by atoms with van der Waals surface area (Å²) >= 11 is 0. The van der Waals surface area contributed by atoms with E-state index in [0.29, 0.717) is 0 Å². The first-order valence-corrected chi connectivity index (χ1v) is 9.40. The zero-order valence-corrected chi connectivity index (χ0v) is 14.6. The molecule has 0 bridgehead atoms. The van der Waals surface area contributed by atoms with E-state index in [4.69, 9.17) is 0 Å². The molecule has 0 spiro atoms. The van der Waals surface area contributed by atoms with Gasteiger partial charge in [0, 0.05) is 25.2 Å². The van der Waals surface area contributed by atoms with Crippen molar-refractivity contribution < 1.29 is 0 Å². The first-order chi connectivity index (χ1) is 10.2. The molecule has 2 fully saturated rings. The Morgan fingerprint density at radius 3 is 2.52 bits per heavy atom. The van der Waals surface area contributed by atoms with Gasteiger partial charge in [-0.1, -0.05) is 26.7 Å². The van der Waals surface area contributed by atoms with Crippen LogP contribution in [0, 0.1) is 5.92 Å². The van der Waals surface area contributed by atoms with Crippen LogP contribution in [0.4, 0.5) is 0 Å². The summed E-state index contributed by atoms with van der Waals surface area (Å²) in [5.74, 6) is 0.926. The molecule has 21 heavy (non-hydrogen) atoms. The van der Waals surface area contributed by atoms with Crippen LogP contribution in [-0.4, -0.2) is 61.7 Å². The average Bonchev–Trinajstić information content (AvgIpc) is 2.95. The summed E-state index contributed by atoms with van der Waals surface area (Å²) in [5, 5.41) is 3.88. The number of rotatable bonds is 7. The molecule has 1 N–H and O–H groups in total. The molecule has 1 saturated heterocycles. The molecule has 2 atom stereocenters. The van der Waals surface area contributed by atoms with Crippen molar-refractivity contribution in [1.29, 1.82) is 0 Å². The molecule has 0 radical (unpaired) electrons. The minimum atomic E-state index is 0.727. The maximum Gasteiger partial charge on any atom is 0.0223 e. The summed E-state index contributed by atoms with van der Waals surface area (Å²) in [5.41, 5.74) is 0. The van der Waals surface area contributed by atoms with Gasteiger partial charge in [0.05, 0.1) is 0 Å². The third-order valence-electron chi connectivity index (χ3n) is 5.55. The molecular weight excluding hydrogens is 258 g/mol. The topological polar surface area (TPSA) is 18.5 Å². The summed E-state index contributed by atoms with van der Waals surface area (Å²) in [6.45, 7) is 10.9. The van der Waals surface area contributed by atoms with Gasteiger partial charge in [-0.3, -0.25) is 4.90 Å². The maximum atomic E-state index is 3.88. The summed E-state index contributed by atoms with van der Waals surface area (Å²) in [7, 11) is 2.29. The predicted octanol–water partition coefficient (Wildman–Crippen LogP) is 2.96. The summed E-state index contributed by atoms with van der Waals surface area (Å²) < 4.78 is 0. The SMILES string of the molecule is CCCNC(CN1CCCN(C)CC1CC)C1CCCC1. The van der Waals surface area contributed by atoms with Crippen molar-refractivity contribution in [2.75, 3.05) is 39.8 Å². The van der Waals surface area contributed by atoms with Gasteiger partial charge in [-0.15, -0.1) is 0 Å². The van der Waals surface area contributed by atoms with E-state index < -0.39 is 0 Å². The van der Waals surface area contributed by atoms with Crippen LogP contribution in [0.1, 0.15) is 58.8 Å². The van der Waals surface area contributed by atoms with Crippen LogP contribution < -0.4 is 5.32 Å². The van der Waals surface area contributed by atoms with Crippen molar-refractivity contribution in [3.05, 3.63) is 0 Å². The highest BCUT2D eigenvalue weighted by Crippen LogP contribution is 2.29. The van der Waals surface area contributed by atoms with E-state index in [0.717, 1.165) is 18.0 Å². The second-order valence-electron chi connectivity index (χ2n) is 7.28. The summed E-state index contributed by atoms with van der Waals surface area (Å²) in [6.07, 6.45) is 9.68. The molecule has 3 heteroatoms. The number of hydrogen-bond acceptors (Lipinski definition) is 3. The van der Waals surface area contributed by atoms with Crippen molar-refractivity contribution in [3.8, 4) is 0 Å².